The predicted molar refractivity (Wildman–Crippen MR) is 123 cm³/mol. The fourth-order valence-corrected chi connectivity index (χ4v) is 6.30. The van der Waals surface area contributed by atoms with Gasteiger partial charge in [-0.1, -0.05) is 18.2 Å². The molecule has 2 aromatic carbocycles. The van der Waals surface area contributed by atoms with Crippen LogP contribution < -0.4 is 10.1 Å². The Morgan fingerprint density at radius 3 is 2.34 bits per heavy atom. The molecule has 2 fully saturated rings. The normalized spacial score (nSPS) is 26.3. The third kappa shape index (κ3) is 3.88. The molecule has 12 heteroatoms. The minimum atomic E-state index is -2.04. The average Bonchev–Trinajstić information content (AvgIpc) is 2.97. The van der Waals surface area contributed by atoms with Gasteiger partial charge in [-0.25, -0.2) is 4.79 Å². The number of carbonyl (C=O) groups is 3. The molecule has 35 heavy (non-hydrogen) atoms. The number of fused-ring (bicyclic) bond motifs is 1. The number of ether oxygens (including phenoxy) is 2. The molecular weight excluding hydrogens is 478 g/mol. The zero-order valence-corrected chi connectivity index (χ0v) is 19.9. The summed E-state index contributed by atoms with van der Waals surface area (Å²) < 4.78 is 23.3. The van der Waals surface area contributed by atoms with Gasteiger partial charge in [0, 0.05) is 19.1 Å². The molecule has 184 valence electrons. The van der Waals surface area contributed by atoms with E-state index in [-0.39, 0.29) is 12.3 Å². The molecule has 1 N–H and O–H groups in total. The number of benzene rings is 2. The smallest absolute Gasteiger partial charge is 0.359 e. The second-order valence-electron chi connectivity index (χ2n) is 8.65. The summed E-state index contributed by atoms with van der Waals surface area (Å²) in [6, 6.07) is 13.9. The molecular formula is C23H23N3O8S. The fourth-order valence-electron chi connectivity index (χ4n) is 4.32. The third-order valence-electron chi connectivity index (χ3n) is 6.12. The molecule has 2 aliphatic rings. The summed E-state index contributed by atoms with van der Waals surface area (Å²) in [6.07, 6.45) is -1.10. The standard InChI is InChI=1S/C23H23N3O8S/c1-14(27)24-23(21(29)33-13-15-9-11-16(12-10-15)26(30)31)22(2,3)35(32)20-18(19(28)25(20)23)34-17-7-5-4-6-8-17/h4-12,18,20H,13H2,1-3H3,(H,24,27)/t18?,20-,23?,35?/m1/s1. The van der Waals surface area contributed by atoms with Crippen molar-refractivity contribution in [2.75, 3.05) is 0 Å². The highest BCUT2D eigenvalue weighted by Gasteiger charge is 2.82. The molecule has 2 aliphatic heterocycles. The van der Waals surface area contributed by atoms with Crippen LogP contribution in [0.15, 0.2) is 54.6 Å². The van der Waals surface area contributed by atoms with Crippen molar-refractivity contribution in [2.24, 2.45) is 0 Å². The highest BCUT2D eigenvalue weighted by Crippen LogP contribution is 2.52. The third-order valence-corrected chi connectivity index (χ3v) is 8.32. The van der Waals surface area contributed by atoms with Crippen LogP contribution in [-0.4, -0.2) is 54.0 Å². The Kier molecular flexibility index (Phi) is 6.20. The van der Waals surface area contributed by atoms with Gasteiger partial charge in [0.05, 0.1) is 4.92 Å². The van der Waals surface area contributed by atoms with E-state index in [1.807, 2.05) is 0 Å². The first-order chi connectivity index (χ1) is 16.5. The van der Waals surface area contributed by atoms with Gasteiger partial charge in [-0.3, -0.25) is 24.6 Å². The van der Waals surface area contributed by atoms with Gasteiger partial charge in [0.25, 0.3) is 17.3 Å². The lowest BCUT2D eigenvalue weighted by atomic mass is 9.89. The van der Waals surface area contributed by atoms with Crippen molar-refractivity contribution < 1.29 is 33.3 Å². The molecule has 0 aromatic heterocycles. The first-order valence-electron chi connectivity index (χ1n) is 10.7. The Balaban J connectivity index is 1.62. The molecule has 0 spiro atoms. The van der Waals surface area contributed by atoms with E-state index >= 15 is 0 Å². The number of nitro groups is 1. The number of hydrogen-bond acceptors (Lipinski definition) is 8. The Bertz CT molecular complexity index is 1170. The number of β-lactam (4-membered cyclic amide) rings is 1. The predicted octanol–water partition coefficient (Wildman–Crippen LogP) is 1.63. The van der Waals surface area contributed by atoms with Crippen molar-refractivity contribution in [3.63, 3.8) is 0 Å². The Morgan fingerprint density at radius 2 is 1.77 bits per heavy atom. The summed E-state index contributed by atoms with van der Waals surface area (Å²) in [5.74, 6) is -1.81. The summed E-state index contributed by atoms with van der Waals surface area (Å²) in [6.45, 7) is 3.92. The second-order valence-corrected chi connectivity index (χ2v) is 10.7. The van der Waals surface area contributed by atoms with Gasteiger partial charge in [-0.15, -0.1) is 0 Å². The van der Waals surface area contributed by atoms with Crippen molar-refractivity contribution in [3.05, 3.63) is 70.3 Å². The minimum Gasteiger partial charge on any atom is -0.614 e. The summed E-state index contributed by atoms with van der Waals surface area (Å²) in [4.78, 5) is 50.3. The van der Waals surface area contributed by atoms with Crippen molar-refractivity contribution in [2.45, 2.75) is 49.3 Å². The molecule has 0 radical (unpaired) electrons. The van der Waals surface area contributed by atoms with Crippen molar-refractivity contribution >= 4 is 34.6 Å². The summed E-state index contributed by atoms with van der Waals surface area (Å²) in [5.41, 5.74) is -1.71. The van der Waals surface area contributed by atoms with E-state index in [1.165, 1.54) is 45.0 Å². The van der Waals surface area contributed by atoms with Gasteiger partial charge in [0.1, 0.15) is 12.4 Å². The fraction of sp³-hybridized carbons (Fsp3) is 0.348. The van der Waals surface area contributed by atoms with Crippen LogP contribution in [0.3, 0.4) is 0 Å². The van der Waals surface area contributed by atoms with E-state index in [0.717, 1.165) is 4.90 Å². The van der Waals surface area contributed by atoms with Crippen LogP contribution in [0.2, 0.25) is 0 Å². The Labute approximate surface area is 203 Å². The van der Waals surface area contributed by atoms with Crippen molar-refractivity contribution in [3.8, 4) is 5.75 Å². The molecule has 11 nitrogen and oxygen atoms in total. The zero-order valence-electron chi connectivity index (χ0n) is 19.1. The maximum Gasteiger partial charge on any atom is 0.359 e. The zero-order chi connectivity index (χ0) is 25.5. The van der Waals surface area contributed by atoms with E-state index in [2.05, 4.69) is 5.32 Å². The van der Waals surface area contributed by atoms with Gasteiger partial charge in [-0.05, 0) is 54.9 Å². The molecule has 2 saturated heterocycles. The SMILES string of the molecule is CC(=O)NC1(C(=O)OCc2ccc([N+](=O)[O-])cc2)N2C(=O)C(Oc3ccccc3)[C@H]2[S+]([O-])C1(C)C. The van der Waals surface area contributed by atoms with Crippen molar-refractivity contribution in [1.82, 2.24) is 10.2 Å². The number of non-ortho nitro benzene ring substituents is 1. The maximum absolute atomic E-state index is 13.5. The van der Waals surface area contributed by atoms with E-state index in [4.69, 9.17) is 9.47 Å². The number of nitrogens with one attached hydrogen (secondary N) is 1. The van der Waals surface area contributed by atoms with Crippen LogP contribution in [0.5, 0.6) is 5.75 Å². The molecule has 0 bridgehead atoms. The van der Waals surface area contributed by atoms with E-state index in [0.29, 0.717) is 11.3 Å². The summed E-state index contributed by atoms with van der Waals surface area (Å²) in [5, 5.41) is 12.4. The van der Waals surface area contributed by atoms with Crippen LogP contribution in [0.25, 0.3) is 0 Å². The monoisotopic (exact) mass is 501 g/mol. The van der Waals surface area contributed by atoms with Gasteiger partial charge < -0.3 is 19.3 Å². The van der Waals surface area contributed by atoms with Gasteiger partial charge in [0.2, 0.25) is 17.4 Å². The highest BCUT2D eigenvalue weighted by atomic mass is 32.2. The number of esters is 1. The largest absolute Gasteiger partial charge is 0.614 e. The van der Waals surface area contributed by atoms with E-state index in [1.54, 1.807) is 30.3 Å². The van der Waals surface area contributed by atoms with Crippen LogP contribution in [0.4, 0.5) is 5.69 Å². The van der Waals surface area contributed by atoms with Gasteiger partial charge >= 0.3 is 5.97 Å². The molecule has 2 amide bonds. The lowest BCUT2D eigenvalue weighted by molar-refractivity contribution is -0.384. The highest BCUT2D eigenvalue weighted by molar-refractivity contribution is 7.94. The summed E-state index contributed by atoms with van der Waals surface area (Å²) in [7, 11) is 0. The second kappa shape index (κ2) is 8.86. The minimum absolute atomic E-state index is 0.124. The lowest BCUT2D eigenvalue weighted by Gasteiger charge is -2.46. The maximum atomic E-state index is 13.5. The number of rotatable bonds is 7. The molecule has 0 saturated carbocycles. The van der Waals surface area contributed by atoms with Crippen LogP contribution in [0.1, 0.15) is 26.3 Å². The van der Waals surface area contributed by atoms with Crippen LogP contribution in [0, 0.1) is 10.1 Å². The molecule has 3 unspecified atom stereocenters. The number of para-hydroxylation sites is 1. The molecule has 4 atom stereocenters. The topological polar surface area (TPSA) is 151 Å². The lowest BCUT2D eigenvalue weighted by Crippen LogP contribution is -2.79. The van der Waals surface area contributed by atoms with Gasteiger partial charge in [0.15, 0.2) is 4.75 Å². The van der Waals surface area contributed by atoms with Crippen molar-refractivity contribution in [1.29, 1.82) is 0 Å². The number of nitrogens with zero attached hydrogens (tertiary/aromatic N) is 2. The van der Waals surface area contributed by atoms with Crippen LogP contribution in [-0.2, 0) is 36.9 Å². The molecule has 4 rings (SSSR count). The van der Waals surface area contributed by atoms with Gasteiger partial charge in [-0.2, -0.15) is 0 Å². The van der Waals surface area contributed by atoms with E-state index in [9.17, 15) is 29.1 Å². The molecule has 2 aromatic rings. The quantitative estimate of drug-likeness (QED) is 0.198. The van der Waals surface area contributed by atoms with E-state index < -0.39 is 55.8 Å². The number of carbonyl (C=O) groups excluding carboxylic acids is 3. The molecule has 2 heterocycles. The summed E-state index contributed by atoms with van der Waals surface area (Å²) >= 11 is -1.82. The Morgan fingerprint density at radius 1 is 1.14 bits per heavy atom. The number of hydrogen-bond donors (Lipinski definition) is 1. The number of amides is 2. The Hall–Kier alpha value is -3.64. The number of nitro benzene ring substituents is 1. The first-order valence-corrected chi connectivity index (χ1v) is 11.9. The first kappa shape index (κ1) is 24.5. The van der Waals surface area contributed by atoms with Crippen LogP contribution >= 0.6 is 0 Å². The average molecular weight is 502 g/mol. The molecule has 0 aliphatic carbocycles.